The summed E-state index contributed by atoms with van der Waals surface area (Å²) >= 11 is 0. The average molecular weight is 406 g/mol. The van der Waals surface area contributed by atoms with Crippen LogP contribution in [0.1, 0.15) is 39.0 Å². The molecule has 164 valence electrons. The number of carbonyl (C=O) groups is 2. The van der Waals surface area contributed by atoms with E-state index in [-0.39, 0.29) is 5.91 Å². The summed E-state index contributed by atoms with van der Waals surface area (Å²) in [5, 5.41) is 3.14. The van der Waals surface area contributed by atoms with Crippen LogP contribution in [-0.2, 0) is 9.59 Å². The van der Waals surface area contributed by atoms with E-state index in [0.29, 0.717) is 30.3 Å². The number of carbonyl (C=O) groups excluding carboxylic acids is 2. The maximum Gasteiger partial charge on any atom is 0.234 e. The Morgan fingerprint density at radius 2 is 1.86 bits per heavy atom. The van der Waals surface area contributed by atoms with Crippen molar-refractivity contribution < 1.29 is 9.59 Å². The minimum Gasteiger partial charge on any atom is -0.355 e. The molecule has 0 aromatic carbocycles. The maximum atomic E-state index is 12.5. The van der Waals surface area contributed by atoms with Crippen LogP contribution in [0.3, 0.4) is 0 Å². The third-order valence-corrected chi connectivity index (χ3v) is 7.51. The Morgan fingerprint density at radius 1 is 1.07 bits per heavy atom. The second kappa shape index (κ2) is 9.75. The van der Waals surface area contributed by atoms with Gasteiger partial charge in [0.1, 0.15) is 0 Å². The van der Waals surface area contributed by atoms with Crippen LogP contribution in [0.4, 0.5) is 0 Å². The van der Waals surface area contributed by atoms with Gasteiger partial charge in [-0.15, -0.1) is 0 Å². The lowest BCUT2D eigenvalue weighted by Gasteiger charge is -2.52. The number of amides is 2. The largest absolute Gasteiger partial charge is 0.355 e. The molecule has 29 heavy (non-hydrogen) atoms. The Balaban J connectivity index is 1.14. The highest BCUT2D eigenvalue weighted by molar-refractivity contribution is 5.78. The van der Waals surface area contributed by atoms with E-state index in [4.69, 9.17) is 0 Å². The van der Waals surface area contributed by atoms with Gasteiger partial charge in [-0.2, -0.15) is 0 Å². The predicted octanol–water partition coefficient (Wildman–Crippen LogP) is 0.463. The van der Waals surface area contributed by atoms with Gasteiger partial charge in [0.25, 0.3) is 0 Å². The smallest absolute Gasteiger partial charge is 0.234 e. The molecule has 1 N–H and O–H groups in total. The zero-order valence-electron chi connectivity index (χ0n) is 18.2. The van der Waals surface area contributed by atoms with Gasteiger partial charge in [0.15, 0.2) is 0 Å². The zero-order valence-corrected chi connectivity index (χ0v) is 18.2. The van der Waals surface area contributed by atoms with Gasteiger partial charge in [0, 0.05) is 64.8 Å². The van der Waals surface area contributed by atoms with Crippen molar-refractivity contribution >= 4 is 11.8 Å². The molecule has 0 aliphatic carbocycles. The van der Waals surface area contributed by atoms with Crippen LogP contribution in [0.25, 0.3) is 0 Å². The van der Waals surface area contributed by atoms with E-state index in [9.17, 15) is 9.59 Å². The number of fused-ring (bicyclic) bond motifs is 4. The molecule has 0 unspecified atom stereocenters. The van der Waals surface area contributed by atoms with E-state index in [1.54, 1.807) is 0 Å². The van der Waals surface area contributed by atoms with Crippen molar-refractivity contribution in [2.75, 3.05) is 72.0 Å². The lowest BCUT2D eigenvalue weighted by Crippen LogP contribution is -2.61. The third kappa shape index (κ3) is 5.30. The summed E-state index contributed by atoms with van der Waals surface area (Å²) in [6.07, 6.45) is 5.18. The predicted molar refractivity (Wildman–Crippen MR) is 114 cm³/mol. The highest BCUT2D eigenvalue weighted by Crippen LogP contribution is 2.37. The lowest BCUT2D eigenvalue weighted by atomic mass is 9.76. The average Bonchev–Trinajstić information content (AvgIpc) is 2.72. The number of hydrogen-bond donors (Lipinski definition) is 1. The number of nitrogens with one attached hydrogen (secondary N) is 1. The maximum absolute atomic E-state index is 12.5. The first kappa shape index (κ1) is 21.1. The summed E-state index contributed by atoms with van der Waals surface area (Å²) < 4.78 is 0. The Bertz CT molecular complexity index is 578. The van der Waals surface area contributed by atoms with Crippen LogP contribution in [0.2, 0.25) is 0 Å². The van der Waals surface area contributed by atoms with Crippen molar-refractivity contribution in [3.8, 4) is 0 Å². The second-order valence-electron chi connectivity index (χ2n) is 9.54. The molecular formula is C22H39N5O2. The van der Waals surface area contributed by atoms with Gasteiger partial charge in [-0.1, -0.05) is 6.92 Å². The number of piperidine rings is 3. The fourth-order valence-electron chi connectivity index (χ4n) is 5.96. The number of likely N-dealkylation sites (N-methyl/N-ethyl adjacent to an activating group) is 1. The van der Waals surface area contributed by atoms with Crippen molar-refractivity contribution in [1.29, 1.82) is 0 Å². The van der Waals surface area contributed by atoms with Gasteiger partial charge >= 0.3 is 0 Å². The molecule has 7 heteroatoms. The summed E-state index contributed by atoms with van der Waals surface area (Å²) in [5.41, 5.74) is 0. The molecule has 4 heterocycles. The van der Waals surface area contributed by atoms with Gasteiger partial charge in [-0.25, -0.2) is 0 Å². The Hall–Kier alpha value is -1.18. The molecule has 4 rings (SSSR count). The molecule has 0 radical (unpaired) electrons. The van der Waals surface area contributed by atoms with E-state index >= 15 is 0 Å². The number of nitrogens with zero attached hydrogens (tertiary/aromatic N) is 4. The Labute approximate surface area is 175 Å². The van der Waals surface area contributed by atoms with Crippen molar-refractivity contribution in [3.05, 3.63) is 0 Å². The van der Waals surface area contributed by atoms with E-state index in [2.05, 4.69) is 31.8 Å². The fraction of sp³-hybridized carbons (Fsp3) is 0.909. The monoisotopic (exact) mass is 405 g/mol. The van der Waals surface area contributed by atoms with Gasteiger partial charge in [-0.05, 0) is 50.6 Å². The van der Waals surface area contributed by atoms with E-state index in [1.807, 2.05) is 0 Å². The van der Waals surface area contributed by atoms with Gasteiger partial charge in [0.05, 0.1) is 6.54 Å². The van der Waals surface area contributed by atoms with Crippen LogP contribution < -0.4 is 5.32 Å². The molecule has 7 nitrogen and oxygen atoms in total. The summed E-state index contributed by atoms with van der Waals surface area (Å²) in [5.74, 6) is 1.62. The molecule has 4 aliphatic heterocycles. The molecule has 4 saturated heterocycles. The third-order valence-electron chi connectivity index (χ3n) is 7.51. The minimum atomic E-state index is 0.164. The molecule has 0 saturated carbocycles. The standard InChI is InChI=1S/C22H39N5O2/c1-2-24-9-11-25(12-10-24)8-4-7-23-21(28)17-26-14-18-13-19(16-26)20-5-3-6-22(29)27(20)15-18/h18-20H,2-17H2,1H3,(H,23,28)/t18-,19-,20-/m1/s1. The van der Waals surface area contributed by atoms with Crippen LogP contribution >= 0.6 is 0 Å². The summed E-state index contributed by atoms with van der Waals surface area (Å²) in [6, 6.07) is 0.423. The normalized spacial score (nSPS) is 31.6. The second-order valence-corrected chi connectivity index (χ2v) is 9.54. The minimum absolute atomic E-state index is 0.164. The first-order valence-electron chi connectivity index (χ1n) is 11.9. The number of rotatable bonds is 7. The van der Waals surface area contributed by atoms with Crippen molar-refractivity contribution in [2.45, 2.75) is 45.1 Å². The van der Waals surface area contributed by atoms with Crippen LogP contribution in [0.5, 0.6) is 0 Å². The molecule has 0 spiro atoms. The molecular weight excluding hydrogens is 366 g/mol. The number of hydrogen-bond acceptors (Lipinski definition) is 5. The first-order valence-corrected chi connectivity index (χ1v) is 11.9. The molecule has 2 bridgehead atoms. The molecule has 2 amide bonds. The molecule has 3 atom stereocenters. The molecule has 4 aliphatic rings. The van der Waals surface area contributed by atoms with E-state index < -0.39 is 0 Å². The topological polar surface area (TPSA) is 59.1 Å². The quantitative estimate of drug-likeness (QED) is 0.624. The zero-order chi connectivity index (χ0) is 20.2. The number of piperazine rings is 1. The molecule has 0 aromatic heterocycles. The van der Waals surface area contributed by atoms with Gasteiger partial charge in [0.2, 0.25) is 11.8 Å². The van der Waals surface area contributed by atoms with E-state index in [1.165, 1.54) is 19.5 Å². The van der Waals surface area contributed by atoms with Gasteiger partial charge < -0.3 is 20.0 Å². The van der Waals surface area contributed by atoms with Crippen molar-refractivity contribution in [3.63, 3.8) is 0 Å². The molecule has 4 fully saturated rings. The number of likely N-dealkylation sites (tertiary alicyclic amines) is 1. The van der Waals surface area contributed by atoms with E-state index in [0.717, 1.165) is 78.0 Å². The Kier molecular flexibility index (Phi) is 7.08. The highest BCUT2D eigenvalue weighted by Gasteiger charge is 2.43. The first-order chi connectivity index (χ1) is 14.1. The van der Waals surface area contributed by atoms with Crippen LogP contribution in [0.15, 0.2) is 0 Å². The van der Waals surface area contributed by atoms with Gasteiger partial charge in [-0.3, -0.25) is 14.5 Å². The van der Waals surface area contributed by atoms with Crippen LogP contribution in [0, 0.1) is 11.8 Å². The van der Waals surface area contributed by atoms with Crippen molar-refractivity contribution in [2.24, 2.45) is 11.8 Å². The summed E-state index contributed by atoms with van der Waals surface area (Å²) in [7, 11) is 0. The summed E-state index contributed by atoms with van der Waals surface area (Å²) in [6.45, 7) is 13.2. The summed E-state index contributed by atoms with van der Waals surface area (Å²) in [4.78, 5) is 34.2. The fourth-order valence-corrected chi connectivity index (χ4v) is 5.96. The van der Waals surface area contributed by atoms with Crippen LogP contribution in [-0.4, -0.2) is 109 Å². The Morgan fingerprint density at radius 3 is 2.66 bits per heavy atom. The highest BCUT2D eigenvalue weighted by atomic mass is 16.2. The SMILES string of the molecule is CCN1CCN(CCCNC(=O)CN2C[C@H]3C[C@H](C2)[C@H]2CCCC(=O)N2C3)CC1. The lowest BCUT2D eigenvalue weighted by molar-refractivity contribution is -0.145. The molecule has 0 aromatic rings. The van der Waals surface area contributed by atoms with Crippen molar-refractivity contribution in [1.82, 2.24) is 24.9 Å².